The predicted molar refractivity (Wildman–Crippen MR) is 105 cm³/mol. The number of esters is 1. The van der Waals surface area contributed by atoms with Crippen LogP contribution < -0.4 is 0 Å². The first-order chi connectivity index (χ1) is 14.0. The summed E-state index contributed by atoms with van der Waals surface area (Å²) in [7, 11) is 1.73. The minimum absolute atomic E-state index is 0.297. The molecule has 0 N–H and O–H groups in total. The Balaban J connectivity index is 2.03. The number of rotatable bonds is 6. The minimum Gasteiger partial charge on any atom is -0.462 e. The normalized spacial score (nSPS) is 15.6. The molecular formula is C20H27N5O4. The van der Waals surface area contributed by atoms with Gasteiger partial charge in [-0.25, -0.2) is 9.59 Å². The number of tetrazole rings is 1. The summed E-state index contributed by atoms with van der Waals surface area (Å²) in [6.07, 6.45) is 4.09. The fourth-order valence-corrected chi connectivity index (χ4v) is 3.87. The van der Waals surface area contributed by atoms with Gasteiger partial charge in [-0.05, 0) is 55.3 Å². The molecule has 0 bridgehead atoms. The van der Waals surface area contributed by atoms with E-state index in [1.54, 1.807) is 48.7 Å². The van der Waals surface area contributed by atoms with Crippen LogP contribution in [0.5, 0.6) is 0 Å². The summed E-state index contributed by atoms with van der Waals surface area (Å²) < 4.78 is 11.9. The molecule has 1 fully saturated rings. The van der Waals surface area contributed by atoms with Gasteiger partial charge in [0.1, 0.15) is 5.54 Å². The molecule has 0 unspecified atom stereocenters. The van der Waals surface area contributed by atoms with E-state index in [9.17, 15) is 9.59 Å². The third-order valence-electron chi connectivity index (χ3n) is 5.35. The van der Waals surface area contributed by atoms with Crippen molar-refractivity contribution in [2.24, 2.45) is 0 Å². The van der Waals surface area contributed by atoms with Gasteiger partial charge in [0.25, 0.3) is 0 Å². The zero-order valence-electron chi connectivity index (χ0n) is 17.1. The van der Waals surface area contributed by atoms with Crippen LogP contribution in [0.25, 0.3) is 5.69 Å². The maximum absolute atomic E-state index is 12.6. The SMILES string of the molecule is CCOC(=O)c1cccc(-n2nnnc2C2(N(C)C(=O)OCC)CCCCC2)c1. The Labute approximate surface area is 170 Å². The van der Waals surface area contributed by atoms with E-state index in [-0.39, 0.29) is 0 Å². The van der Waals surface area contributed by atoms with Gasteiger partial charge in [0.05, 0.1) is 24.5 Å². The van der Waals surface area contributed by atoms with Crippen LogP contribution in [0, 0.1) is 0 Å². The van der Waals surface area contributed by atoms with Crippen LogP contribution in [0.4, 0.5) is 4.79 Å². The Morgan fingerprint density at radius 1 is 1.14 bits per heavy atom. The monoisotopic (exact) mass is 401 g/mol. The van der Waals surface area contributed by atoms with E-state index < -0.39 is 17.6 Å². The molecule has 1 heterocycles. The van der Waals surface area contributed by atoms with Gasteiger partial charge in [-0.1, -0.05) is 25.3 Å². The van der Waals surface area contributed by atoms with Crippen LogP contribution in [0.15, 0.2) is 24.3 Å². The third-order valence-corrected chi connectivity index (χ3v) is 5.35. The van der Waals surface area contributed by atoms with Crippen LogP contribution >= 0.6 is 0 Å². The lowest BCUT2D eigenvalue weighted by Crippen LogP contribution is -2.50. The summed E-state index contributed by atoms with van der Waals surface area (Å²) in [6.45, 7) is 4.14. The quantitative estimate of drug-likeness (QED) is 0.686. The van der Waals surface area contributed by atoms with Gasteiger partial charge < -0.3 is 9.47 Å². The largest absolute Gasteiger partial charge is 0.462 e. The molecule has 3 rings (SSSR count). The molecule has 9 nitrogen and oxygen atoms in total. The van der Waals surface area contributed by atoms with E-state index in [1.807, 2.05) is 6.07 Å². The molecule has 29 heavy (non-hydrogen) atoms. The van der Waals surface area contributed by atoms with E-state index in [2.05, 4.69) is 15.5 Å². The number of carbonyl (C=O) groups is 2. The average Bonchev–Trinajstić information content (AvgIpc) is 3.25. The summed E-state index contributed by atoms with van der Waals surface area (Å²) >= 11 is 0. The van der Waals surface area contributed by atoms with E-state index >= 15 is 0 Å². The standard InChI is InChI=1S/C20H27N5O4/c1-4-28-17(26)15-10-9-11-16(14-15)25-18(21-22-23-25)20(12-7-6-8-13-20)24(3)19(27)29-5-2/h9-11,14H,4-8,12-13H2,1-3H3. The first-order valence-electron chi connectivity index (χ1n) is 10.0. The smallest absolute Gasteiger partial charge is 0.410 e. The van der Waals surface area contributed by atoms with Gasteiger partial charge in [-0.3, -0.25) is 4.90 Å². The van der Waals surface area contributed by atoms with Crippen molar-refractivity contribution >= 4 is 12.1 Å². The maximum Gasteiger partial charge on any atom is 0.410 e. The summed E-state index contributed by atoms with van der Waals surface area (Å²) in [4.78, 5) is 26.3. The van der Waals surface area contributed by atoms with Gasteiger partial charge in [0, 0.05) is 7.05 Å². The topological polar surface area (TPSA) is 99.4 Å². The number of ether oxygens (including phenoxy) is 2. The minimum atomic E-state index is -0.673. The molecule has 1 aliphatic rings. The zero-order chi connectivity index (χ0) is 20.9. The first kappa shape index (κ1) is 20.8. The molecule has 156 valence electrons. The molecule has 0 aliphatic heterocycles. The molecule has 0 atom stereocenters. The lowest BCUT2D eigenvalue weighted by Gasteiger charge is -2.42. The number of hydrogen-bond donors (Lipinski definition) is 0. The Kier molecular flexibility index (Phi) is 6.46. The van der Waals surface area contributed by atoms with Crippen molar-refractivity contribution < 1.29 is 19.1 Å². The Morgan fingerprint density at radius 3 is 2.55 bits per heavy atom. The van der Waals surface area contributed by atoms with Crippen LogP contribution in [0.1, 0.15) is 62.1 Å². The number of nitrogens with zero attached hydrogens (tertiary/aromatic N) is 5. The molecule has 0 spiro atoms. The van der Waals surface area contributed by atoms with E-state index in [4.69, 9.17) is 9.47 Å². The van der Waals surface area contributed by atoms with E-state index in [0.717, 1.165) is 32.1 Å². The molecular weight excluding hydrogens is 374 g/mol. The number of hydrogen-bond acceptors (Lipinski definition) is 7. The Bertz CT molecular complexity index is 860. The van der Waals surface area contributed by atoms with Crippen LogP contribution in [-0.2, 0) is 15.0 Å². The van der Waals surface area contributed by atoms with E-state index in [1.165, 1.54) is 0 Å². The molecule has 9 heteroatoms. The second-order valence-corrected chi connectivity index (χ2v) is 7.04. The van der Waals surface area contributed by atoms with Crippen molar-refractivity contribution in [2.75, 3.05) is 20.3 Å². The second kappa shape index (κ2) is 9.02. The molecule has 1 saturated carbocycles. The Morgan fingerprint density at radius 2 is 1.86 bits per heavy atom. The fraction of sp³-hybridized carbons (Fsp3) is 0.550. The van der Waals surface area contributed by atoms with Crippen LogP contribution in [-0.4, -0.2) is 57.4 Å². The number of amides is 1. The first-order valence-corrected chi connectivity index (χ1v) is 10.0. The second-order valence-electron chi connectivity index (χ2n) is 7.04. The average molecular weight is 401 g/mol. The molecule has 1 aromatic heterocycles. The van der Waals surface area contributed by atoms with Crippen molar-refractivity contribution in [3.63, 3.8) is 0 Å². The molecule has 1 amide bonds. The Hall–Kier alpha value is -2.97. The summed E-state index contributed by atoms with van der Waals surface area (Å²) in [5.74, 6) is 0.161. The highest BCUT2D eigenvalue weighted by atomic mass is 16.6. The maximum atomic E-state index is 12.6. The van der Waals surface area contributed by atoms with E-state index in [0.29, 0.717) is 30.3 Å². The van der Waals surface area contributed by atoms with Crippen molar-refractivity contribution in [1.82, 2.24) is 25.1 Å². The van der Waals surface area contributed by atoms with Crippen LogP contribution in [0.3, 0.4) is 0 Å². The fourth-order valence-electron chi connectivity index (χ4n) is 3.87. The highest BCUT2D eigenvalue weighted by Gasteiger charge is 2.45. The van der Waals surface area contributed by atoms with Gasteiger partial charge in [-0.2, -0.15) is 4.68 Å². The molecule has 0 radical (unpaired) electrons. The summed E-state index contributed by atoms with van der Waals surface area (Å²) in [5, 5.41) is 12.3. The third kappa shape index (κ3) is 4.08. The number of benzene rings is 1. The lowest BCUT2D eigenvalue weighted by molar-refractivity contribution is 0.0390. The van der Waals surface area contributed by atoms with Gasteiger partial charge in [0.2, 0.25) is 0 Å². The molecule has 1 aliphatic carbocycles. The lowest BCUT2D eigenvalue weighted by atomic mass is 9.79. The van der Waals surface area contributed by atoms with Gasteiger partial charge in [0.15, 0.2) is 5.82 Å². The van der Waals surface area contributed by atoms with Crippen molar-refractivity contribution in [2.45, 2.75) is 51.5 Å². The van der Waals surface area contributed by atoms with Gasteiger partial charge >= 0.3 is 12.1 Å². The van der Waals surface area contributed by atoms with Crippen molar-refractivity contribution in [1.29, 1.82) is 0 Å². The molecule has 2 aromatic rings. The zero-order valence-corrected chi connectivity index (χ0v) is 17.1. The number of carbonyl (C=O) groups excluding carboxylic acids is 2. The van der Waals surface area contributed by atoms with Crippen LogP contribution in [0.2, 0.25) is 0 Å². The molecule has 0 saturated heterocycles. The summed E-state index contributed by atoms with van der Waals surface area (Å²) in [6, 6.07) is 6.96. The number of aromatic nitrogens is 4. The molecule has 1 aromatic carbocycles. The summed E-state index contributed by atoms with van der Waals surface area (Å²) in [5.41, 5.74) is 0.383. The highest BCUT2D eigenvalue weighted by Crippen LogP contribution is 2.41. The van der Waals surface area contributed by atoms with Crippen molar-refractivity contribution in [3.05, 3.63) is 35.7 Å². The van der Waals surface area contributed by atoms with Crippen molar-refractivity contribution in [3.8, 4) is 5.69 Å². The predicted octanol–water partition coefficient (Wildman–Crippen LogP) is 3.09. The van der Waals surface area contributed by atoms with Gasteiger partial charge in [-0.15, -0.1) is 5.10 Å². The highest BCUT2D eigenvalue weighted by molar-refractivity contribution is 5.90.